The summed E-state index contributed by atoms with van der Waals surface area (Å²) in [6.07, 6.45) is 39.8. The fourth-order valence-corrected chi connectivity index (χ4v) is 8.70. The minimum Gasteiger partial charge on any atom is -0.462 e. The number of ether oxygens (including phenoxy) is 2. The summed E-state index contributed by atoms with van der Waals surface area (Å²) in [5.41, 5.74) is 0. The van der Waals surface area contributed by atoms with Gasteiger partial charge in [0.1, 0.15) is 43.2 Å². The van der Waals surface area contributed by atoms with Gasteiger partial charge in [0.05, 0.1) is 6.61 Å². The number of aliphatic hydroxyl groups is 5. The number of carbonyl (C=O) groups excluding carboxylic acids is 2. The van der Waals surface area contributed by atoms with Gasteiger partial charge < -0.3 is 39.9 Å². The molecule has 0 aromatic carbocycles. The summed E-state index contributed by atoms with van der Waals surface area (Å²) >= 11 is 0. The monoisotopic (exact) mass is 969 g/mol. The van der Waals surface area contributed by atoms with E-state index in [0.717, 1.165) is 70.6 Å². The van der Waals surface area contributed by atoms with Crippen molar-refractivity contribution in [2.45, 2.75) is 249 Å². The molecule has 1 fully saturated rings. The van der Waals surface area contributed by atoms with Gasteiger partial charge in [0.15, 0.2) is 6.10 Å². The van der Waals surface area contributed by atoms with Gasteiger partial charge >= 0.3 is 19.8 Å². The summed E-state index contributed by atoms with van der Waals surface area (Å²) in [5.74, 6) is -1.13. The Balaban J connectivity index is 2.42. The van der Waals surface area contributed by atoms with Crippen LogP contribution in [-0.2, 0) is 32.7 Å². The van der Waals surface area contributed by atoms with Crippen LogP contribution in [0.15, 0.2) is 60.8 Å². The van der Waals surface area contributed by atoms with Crippen molar-refractivity contribution >= 4 is 19.8 Å². The SMILES string of the molecule is CC/C=C\C/C=C\C/C=C\C/C=C\C/C=C\CCCCCC(=O)OC(COC(=O)CCCCCCCCCCCCCCCCCCCCC)COP(=O)(O)OC1C(O)C(O)C(O)C(O)C1O. The molecule has 0 bridgehead atoms. The highest BCUT2D eigenvalue weighted by Gasteiger charge is 2.51. The van der Waals surface area contributed by atoms with Crippen LogP contribution in [0.1, 0.15) is 206 Å². The van der Waals surface area contributed by atoms with Gasteiger partial charge in [0.2, 0.25) is 0 Å². The van der Waals surface area contributed by atoms with Gasteiger partial charge in [-0.25, -0.2) is 4.57 Å². The van der Waals surface area contributed by atoms with Gasteiger partial charge in [-0.3, -0.25) is 18.6 Å². The van der Waals surface area contributed by atoms with Crippen molar-refractivity contribution in [1.82, 2.24) is 0 Å². The highest BCUT2D eigenvalue weighted by Crippen LogP contribution is 2.47. The summed E-state index contributed by atoms with van der Waals surface area (Å²) in [7, 11) is -5.13. The fraction of sp³-hybridized carbons (Fsp3) is 0.774. The topological polar surface area (TPSA) is 210 Å². The summed E-state index contributed by atoms with van der Waals surface area (Å²) in [6.45, 7) is 3.19. The van der Waals surface area contributed by atoms with Crippen molar-refractivity contribution in [1.29, 1.82) is 0 Å². The van der Waals surface area contributed by atoms with Crippen LogP contribution in [0.2, 0.25) is 0 Å². The first kappa shape index (κ1) is 62.6. The number of unbranched alkanes of at least 4 members (excludes halogenated alkanes) is 21. The molecule has 0 radical (unpaired) electrons. The lowest BCUT2D eigenvalue weighted by molar-refractivity contribution is -0.220. The van der Waals surface area contributed by atoms with Crippen LogP contribution in [0.3, 0.4) is 0 Å². The van der Waals surface area contributed by atoms with Crippen LogP contribution in [0.5, 0.6) is 0 Å². The Kier molecular flexibility index (Phi) is 39.6. The lowest BCUT2D eigenvalue weighted by atomic mass is 9.85. The average Bonchev–Trinajstić information content (AvgIpc) is 3.31. The second-order valence-electron chi connectivity index (χ2n) is 18.0. The van der Waals surface area contributed by atoms with E-state index in [1.165, 1.54) is 96.3 Å². The molecule has 0 aliphatic heterocycles. The standard InChI is InChI=1S/C53H93O13P/c1-3-5-7-9-11-13-15-17-19-21-23-25-27-29-31-33-35-37-39-41-46(54)63-43-45(44-64-67(61,62)66-53-51(59)49(57)48(56)50(58)52(53)60)65-47(55)42-40-38-36-34-32-30-28-26-24-22-20-18-16-14-12-10-8-6-4-2/h6,8,12,14,18,20,24,26,30,32,45,48-53,56-60H,3-5,7,9-11,13,15-17,19,21-23,25,27-29,31,33-44H2,1-2H3,(H,61,62)/b8-6-,14-12-,20-18-,26-24-,32-30-. The first-order valence-electron chi connectivity index (χ1n) is 26.1. The number of allylic oxidation sites excluding steroid dienone is 10. The van der Waals surface area contributed by atoms with Crippen molar-refractivity contribution in [2.24, 2.45) is 0 Å². The number of carbonyl (C=O) groups is 2. The molecule has 1 aliphatic rings. The fourth-order valence-electron chi connectivity index (χ4n) is 7.73. The number of rotatable bonds is 43. The molecule has 1 rings (SSSR count). The molecular weight excluding hydrogens is 876 g/mol. The molecule has 6 unspecified atom stereocenters. The summed E-state index contributed by atoms with van der Waals surface area (Å²) < 4.78 is 33.6. The Hall–Kier alpha value is -2.45. The highest BCUT2D eigenvalue weighted by molar-refractivity contribution is 7.47. The van der Waals surface area contributed by atoms with E-state index in [4.69, 9.17) is 18.5 Å². The van der Waals surface area contributed by atoms with Crippen molar-refractivity contribution in [3.8, 4) is 0 Å². The normalized spacial score (nSPS) is 21.6. The van der Waals surface area contributed by atoms with E-state index >= 15 is 0 Å². The van der Waals surface area contributed by atoms with Crippen molar-refractivity contribution < 1.29 is 63.1 Å². The smallest absolute Gasteiger partial charge is 0.462 e. The lowest BCUT2D eigenvalue weighted by Gasteiger charge is -2.41. The molecule has 1 aliphatic carbocycles. The van der Waals surface area contributed by atoms with E-state index in [2.05, 4.69) is 74.6 Å². The second-order valence-corrected chi connectivity index (χ2v) is 19.4. The number of aliphatic hydroxyl groups excluding tert-OH is 5. The Morgan fingerprint density at radius 1 is 0.478 bits per heavy atom. The Labute approximate surface area is 404 Å². The summed E-state index contributed by atoms with van der Waals surface area (Å²) in [5, 5.41) is 50.3. The first-order valence-corrected chi connectivity index (χ1v) is 27.6. The van der Waals surface area contributed by atoms with E-state index in [0.29, 0.717) is 12.8 Å². The number of phosphoric acid groups is 1. The first-order chi connectivity index (χ1) is 32.4. The van der Waals surface area contributed by atoms with Gasteiger partial charge in [-0.1, -0.05) is 197 Å². The van der Waals surface area contributed by atoms with Crippen LogP contribution < -0.4 is 0 Å². The van der Waals surface area contributed by atoms with E-state index in [1.807, 2.05) is 0 Å². The van der Waals surface area contributed by atoms with Crippen LogP contribution in [-0.4, -0.2) is 98.3 Å². The lowest BCUT2D eigenvalue weighted by Crippen LogP contribution is -2.64. The zero-order chi connectivity index (χ0) is 49.2. The van der Waals surface area contributed by atoms with E-state index < -0.39 is 75.7 Å². The summed E-state index contributed by atoms with van der Waals surface area (Å²) in [6, 6.07) is 0. The van der Waals surface area contributed by atoms with Gasteiger partial charge in [-0.05, 0) is 57.8 Å². The minimum atomic E-state index is -5.13. The van der Waals surface area contributed by atoms with E-state index in [-0.39, 0.29) is 12.8 Å². The molecule has 13 nitrogen and oxygen atoms in total. The number of hydrogen-bond acceptors (Lipinski definition) is 12. The Morgan fingerprint density at radius 2 is 0.851 bits per heavy atom. The predicted octanol–water partition coefficient (Wildman–Crippen LogP) is 11.3. The Bertz CT molecular complexity index is 1400. The molecule has 0 aromatic rings. The highest BCUT2D eigenvalue weighted by atomic mass is 31.2. The van der Waals surface area contributed by atoms with Gasteiger partial charge in [0, 0.05) is 12.8 Å². The third-order valence-corrected chi connectivity index (χ3v) is 12.9. The van der Waals surface area contributed by atoms with E-state index in [1.54, 1.807) is 0 Å². The Morgan fingerprint density at radius 3 is 1.30 bits per heavy atom. The molecule has 67 heavy (non-hydrogen) atoms. The minimum absolute atomic E-state index is 0.0569. The van der Waals surface area contributed by atoms with Gasteiger partial charge in [-0.15, -0.1) is 0 Å². The van der Waals surface area contributed by atoms with Crippen molar-refractivity contribution in [2.75, 3.05) is 13.2 Å². The average molecular weight is 969 g/mol. The zero-order valence-corrected chi connectivity index (χ0v) is 42.3. The maximum absolute atomic E-state index is 12.9. The molecule has 1 saturated carbocycles. The number of hydrogen-bond donors (Lipinski definition) is 6. The molecule has 388 valence electrons. The third-order valence-electron chi connectivity index (χ3n) is 11.9. The molecule has 0 aromatic heterocycles. The third kappa shape index (κ3) is 34.5. The maximum Gasteiger partial charge on any atom is 0.472 e. The second kappa shape index (κ2) is 42.4. The molecule has 0 heterocycles. The molecular formula is C53H93O13P. The summed E-state index contributed by atoms with van der Waals surface area (Å²) in [4.78, 5) is 35.8. The van der Waals surface area contributed by atoms with Crippen LogP contribution in [0.25, 0.3) is 0 Å². The molecule has 6 N–H and O–H groups in total. The molecule has 0 saturated heterocycles. The number of phosphoric ester groups is 1. The van der Waals surface area contributed by atoms with E-state index in [9.17, 15) is 44.6 Å². The van der Waals surface area contributed by atoms with Crippen LogP contribution >= 0.6 is 7.82 Å². The molecule has 0 amide bonds. The maximum atomic E-state index is 12.9. The molecule has 14 heteroatoms. The zero-order valence-electron chi connectivity index (χ0n) is 41.4. The largest absolute Gasteiger partial charge is 0.472 e. The van der Waals surface area contributed by atoms with Crippen molar-refractivity contribution in [3.63, 3.8) is 0 Å². The predicted molar refractivity (Wildman–Crippen MR) is 267 cm³/mol. The molecule has 0 spiro atoms. The quantitative estimate of drug-likeness (QED) is 0.0146. The van der Waals surface area contributed by atoms with Crippen molar-refractivity contribution in [3.05, 3.63) is 60.8 Å². The van der Waals surface area contributed by atoms with Crippen LogP contribution in [0, 0.1) is 0 Å². The van der Waals surface area contributed by atoms with Gasteiger partial charge in [-0.2, -0.15) is 0 Å². The number of esters is 2. The van der Waals surface area contributed by atoms with Gasteiger partial charge in [0.25, 0.3) is 0 Å². The molecule has 6 atom stereocenters. The van der Waals surface area contributed by atoms with Crippen LogP contribution in [0.4, 0.5) is 0 Å².